The molecule has 2 rings (SSSR count). The third kappa shape index (κ3) is 4.49. The molecule has 1 N–H and O–H groups in total. The van der Waals surface area contributed by atoms with E-state index in [-0.39, 0.29) is 16.8 Å². The van der Waals surface area contributed by atoms with Crippen molar-refractivity contribution in [1.29, 1.82) is 0 Å². The van der Waals surface area contributed by atoms with Crippen LogP contribution in [0, 0.1) is 13.8 Å². The quantitative estimate of drug-likeness (QED) is 0.598. The maximum atomic E-state index is 12.9. The molecule has 2 nitrogen and oxygen atoms in total. The maximum Gasteiger partial charge on any atom is 0.416 e. The van der Waals surface area contributed by atoms with Gasteiger partial charge in [-0.15, -0.1) is 0 Å². The third-order valence-electron chi connectivity index (χ3n) is 3.52. The minimum absolute atomic E-state index is 0.0408. The highest BCUT2D eigenvalue weighted by Crippen LogP contribution is 2.36. The van der Waals surface area contributed by atoms with Gasteiger partial charge in [0, 0.05) is 5.56 Å². The summed E-state index contributed by atoms with van der Waals surface area (Å²) in [7, 11) is 0. The summed E-state index contributed by atoms with van der Waals surface area (Å²) in [6.45, 7) is 3.34. The fourth-order valence-corrected chi connectivity index (χ4v) is 2.71. The van der Waals surface area contributed by atoms with Gasteiger partial charge in [0.1, 0.15) is 0 Å². The lowest BCUT2D eigenvalue weighted by atomic mass is 10.0. The molecule has 0 radical (unpaired) electrons. The molecule has 0 atom stereocenters. The maximum absolute atomic E-state index is 12.9. The Labute approximate surface area is 149 Å². The van der Waals surface area contributed by atoms with Crippen LogP contribution in [-0.2, 0) is 12.4 Å². The summed E-state index contributed by atoms with van der Waals surface area (Å²) in [6.07, 6.45) is -10.1. The number of carbonyl (C=O) groups is 1. The number of nitrogens with one attached hydrogen (secondary N) is 1. The van der Waals surface area contributed by atoms with Crippen molar-refractivity contribution in [1.82, 2.24) is 0 Å². The summed E-state index contributed by atoms with van der Waals surface area (Å²) in [4.78, 5) is 12.3. The lowest BCUT2D eigenvalue weighted by Crippen LogP contribution is -2.17. The van der Waals surface area contributed by atoms with Gasteiger partial charge < -0.3 is 5.32 Å². The molecule has 9 heteroatoms. The number of alkyl halides is 6. The van der Waals surface area contributed by atoms with Gasteiger partial charge in [-0.2, -0.15) is 26.3 Å². The van der Waals surface area contributed by atoms with Crippen LogP contribution >= 0.6 is 11.6 Å². The average molecular weight is 396 g/mol. The molecule has 2 aromatic carbocycles. The Bertz CT molecular complexity index is 802. The highest BCUT2D eigenvalue weighted by Gasteiger charge is 2.37. The van der Waals surface area contributed by atoms with Crippen LogP contribution in [-0.4, -0.2) is 5.91 Å². The monoisotopic (exact) mass is 395 g/mol. The number of benzene rings is 2. The average Bonchev–Trinajstić information content (AvgIpc) is 2.48. The molecule has 0 heterocycles. The Morgan fingerprint density at radius 2 is 1.38 bits per heavy atom. The van der Waals surface area contributed by atoms with Crippen LogP contribution in [0.5, 0.6) is 0 Å². The molecule has 0 saturated carbocycles. The molecule has 0 aliphatic carbocycles. The fourth-order valence-electron chi connectivity index (χ4n) is 2.35. The molecule has 26 heavy (non-hydrogen) atoms. The van der Waals surface area contributed by atoms with Gasteiger partial charge in [0.15, 0.2) is 0 Å². The number of anilines is 1. The Morgan fingerprint density at radius 3 is 1.81 bits per heavy atom. The van der Waals surface area contributed by atoms with Crippen molar-refractivity contribution >= 4 is 23.2 Å². The number of rotatable bonds is 2. The van der Waals surface area contributed by atoms with Gasteiger partial charge in [-0.05, 0) is 49.2 Å². The zero-order valence-corrected chi connectivity index (χ0v) is 14.2. The van der Waals surface area contributed by atoms with Crippen molar-refractivity contribution < 1.29 is 31.1 Å². The largest absolute Gasteiger partial charge is 0.416 e. The topological polar surface area (TPSA) is 29.1 Å². The van der Waals surface area contributed by atoms with E-state index in [4.69, 9.17) is 11.6 Å². The molecule has 0 bridgehead atoms. The van der Waals surface area contributed by atoms with Crippen LogP contribution in [0.2, 0.25) is 5.02 Å². The minimum atomic E-state index is -5.03. The number of amides is 1. The molecule has 0 aromatic heterocycles. The number of hydrogen-bond acceptors (Lipinski definition) is 1. The van der Waals surface area contributed by atoms with E-state index in [0.717, 1.165) is 5.56 Å². The van der Waals surface area contributed by atoms with E-state index in [1.54, 1.807) is 19.9 Å². The van der Waals surface area contributed by atoms with E-state index in [9.17, 15) is 31.1 Å². The van der Waals surface area contributed by atoms with Gasteiger partial charge in [-0.1, -0.05) is 17.7 Å². The lowest BCUT2D eigenvalue weighted by Gasteiger charge is -2.15. The molecule has 0 spiro atoms. The second kappa shape index (κ2) is 6.83. The summed E-state index contributed by atoms with van der Waals surface area (Å²) in [6, 6.07) is 3.86. The molecule has 0 aliphatic heterocycles. The predicted octanol–water partition coefficient (Wildman–Crippen LogP) is 6.25. The van der Waals surface area contributed by atoms with Gasteiger partial charge in [0.05, 0.1) is 21.8 Å². The zero-order valence-electron chi connectivity index (χ0n) is 13.4. The minimum Gasteiger partial charge on any atom is -0.320 e. The molecule has 1 amide bonds. The first-order chi connectivity index (χ1) is 11.8. The van der Waals surface area contributed by atoms with Crippen LogP contribution in [0.4, 0.5) is 32.0 Å². The van der Waals surface area contributed by atoms with Gasteiger partial charge in [-0.3, -0.25) is 4.79 Å². The van der Waals surface area contributed by atoms with Crippen molar-refractivity contribution in [3.8, 4) is 0 Å². The van der Waals surface area contributed by atoms with E-state index in [2.05, 4.69) is 5.32 Å². The van der Waals surface area contributed by atoms with Gasteiger partial charge in [-0.25, -0.2) is 0 Å². The van der Waals surface area contributed by atoms with Crippen molar-refractivity contribution in [3.63, 3.8) is 0 Å². The first-order valence-electron chi connectivity index (χ1n) is 7.16. The summed E-state index contributed by atoms with van der Waals surface area (Å²) in [5, 5.41) is 2.40. The Kier molecular flexibility index (Phi) is 5.28. The van der Waals surface area contributed by atoms with Crippen LogP contribution in [0.25, 0.3) is 0 Å². The molecule has 140 valence electrons. The van der Waals surface area contributed by atoms with Crippen molar-refractivity contribution in [2.24, 2.45) is 0 Å². The molecular formula is C17H12ClF6NO. The van der Waals surface area contributed by atoms with Gasteiger partial charge >= 0.3 is 12.4 Å². The van der Waals surface area contributed by atoms with Crippen LogP contribution in [0.3, 0.4) is 0 Å². The number of halogens is 7. The van der Waals surface area contributed by atoms with E-state index in [1.165, 1.54) is 6.07 Å². The highest BCUT2D eigenvalue weighted by molar-refractivity contribution is 6.34. The first-order valence-corrected chi connectivity index (χ1v) is 7.54. The summed E-state index contributed by atoms with van der Waals surface area (Å²) >= 11 is 6.00. The van der Waals surface area contributed by atoms with Crippen molar-refractivity contribution in [2.45, 2.75) is 26.2 Å². The summed E-state index contributed by atoms with van der Waals surface area (Å²) < 4.78 is 77.3. The Balaban J connectivity index is 2.49. The smallest absolute Gasteiger partial charge is 0.320 e. The van der Waals surface area contributed by atoms with E-state index < -0.39 is 35.0 Å². The Morgan fingerprint density at radius 1 is 0.885 bits per heavy atom. The standard InChI is InChI=1S/C17H12ClF6NO/c1-8-3-9(2)14(13(18)4-8)25-15(26)10-5-11(16(19,20)21)7-12(6-10)17(22,23)24/h3-7H,1-2H3,(H,25,26). The molecule has 0 aliphatic rings. The summed E-state index contributed by atoms with van der Waals surface area (Å²) in [5.41, 5.74) is -2.49. The molecule has 0 unspecified atom stereocenters. The third-order valence-corrected chi connectivity index (χ3v) is 3.82. The van der Waals surface area contributed by atoms with Crippen LogP contribution < -0.4 is 5.32 Å². The van der Waals surface area contributed by atoms with Crippen LogP contribution in [0.1, 0.15) is 32.6 Å². The molecule has 0 fully saturated rings. The van der Waals surface area contributed by atoms with Crippen LogP contribution in [0.15, 0.2) is 30.3 Å². The second-order valence-electron chi connectivity index (χ2n) is 5.69. The fraction of sp³-hybridized carbons (Fsp3) is 0.235. The SMILES string of the molecule is Cc1cc(C)c(NC(=O)c2cc(C(F)(F)F)cc(C(F)(F)F)c2)c(Cl)c1. The van der Waals surface area contributed by atoms with E-state index in [0.29, 0.717) is 17.7 Å². The second-order valence-corrected chi connectivity index (χ2v) is 6.09. The predicted molar refractivity (Wildman–Crippen MR) is 85.3 cm³/mol. The zero-order chi connectivity index (χ0) is 19.9. The highest BCUT2D eigenvalue weighted by atomic mass is 35.5. The van der Waals surface area contributed by atoms with Crippen molar-refractivity contribution in [3.05, 3.63) is 63.2 Å². The van der Waals surface area contributed by atoms with Gasteiger partial charge in [0.25, 0.3) is 5.91 Å². The first kappa shape index (κ1) is 20.1. The van der Waals surface area contributed by atoms with Gasteiger partial charge in [0.2, 0.25) is 0 Å². The molecular weight excluding hydrogens is 384 g/mol. The van der Waals surface area contributed by atoms with Crippen molar-refractivity contribution in [2.75, 3.05) is 5.32 Å². The summed E-state index contributed by atoms with van der Waals surface area (Å²) in [5.74, 6) is -1.13. The normalized spacial score (nSPS) is 12.2. The molecule has 0 saturated heterocycles. The Hall–Kier alpha value is -2.22. The van der Waals surface area contributed by atoms with E-state index in [1.807, 2.05) is 0 Å². The lowest BCUT2D eigenvalue weighted by molar-refractivity contribution is -0.143. The number of carbonyl (C=O) groups excluding carboxylic acids is 1. The number of hydrogen-bond donors (Lipinski definition) is 1. The number of aryl methyl sites for hydroxylation is 2. The van der Waals surface area contributed by atoms with E-state index >= 15 is 0 Å². The molecule has 2 aromatic rings.